The van der Waals surface area contributed by atoms with Crippen LogP contribution in [0.15, 0.2) is 30.3 Å². The molecule has 100 valence electrons. The number of ether oxygens (including phenoxy) is 2. The van der Waals surface area contributed by atoms with Gasteiger partial charge in [0.05, 0.1) is 6.54 Å². The maximum Gasteiger partial charge on any atom is 0.295 e. The van der Waals surface area contributed by atoms with Gasteiger partial charge in [0, 0.05) is 24.7 Å². The molecule has 0 fully saturated rings. The number of hydrogen-bond donors (Lipinski definition) is 0. The Morgan fingerprint density at radius 2 is 2.11 bits per heavy atom. The number of rotatable bonds is 9. The highest BCUT2D eigenvalue weighted by atomic mass is 35.5. The minimum Gasteiger partial charge on any atom is -0.436 e. The van der Waals surface area contributed by atoms with Crippen molar-refractivity contribution in [2.24, 2.45) is 0 Å². The zero-order valence-corrected chi connectivity index (χ0v) is 11.2. The van der Waals surface area contributed by atoms with Gasteiger partial charge in [-0.25, -0.2) is 0 Å². The van der Waals surface area contributed by atoms with Crippen LogP contribution in [-0.2, 0) is 14.3 Å². The minimum atomic E-state index is -0.573. The van der Waals surface area contributed by atoms with Crippen molar-refractivity contribution in [1.82, 2.24) is 0 Å². The summed E-state index contributed by atoms with van der Waals surface area (Å²) in [5.41, 5.74) is 1.03. The first-order valence-corrected chi connectivity index (χ1v) is 6.42. The quantitative estimate of drug-likeness (QED) is 0.392. The lowest BCUT2D eigenvalue weighted by atomic mass is 10.3. The zero-order valence-electron chi connectivity index (χ0n) is 10.4. The molecule has 4 nitrogen and oxygen atoms in total. The number of nitrogens with zero attached hydrogens (tertiary/aromatic N) is 1. The van der Waals surface area contributed by atoms with Gasteiger partial charge in [0.15, 0.2) is 0 Å². The molecule has 1 unspecified atom stereocenters. The van der Waals surface area contributed by atoms with E-state index < -0.39 is 6.29 Å². The monoisotopic (exact) mass is 271 g/mol. The molecular weight excluding hydrogens is 254 g/mol. The highest BCUT2D eigenvalue weighted by Gasteiger charge is 2.15. The minimum absolute atomic E-state index is 0.407. The van der Waals surface area contributed by atoms with Gasteiger partial charge in [0.25, 0.3) is 6.47 Å². The Labute approximate surface area is 112 Å². The number of carbonyl (C=O) groups is 1. The highest BCUT2D eigenvalue weighted by Crippen LogP contribution is 2.14. The van der Waals surface area contributed by atoms with Crippen LogP contribution in [0.25, 0.3) is 0 Å². The van der Waals surface area contributed by atoms with Gasteiger partial charge in [-0.15, -0.1) is 11.6 Å². The van der Waals surface area contributed by atoms with E-state index in [2.05, 4.69) is 0 Å². The Hall–Kier alpha value is -1.26. The number of anilines is 1. The number of hydrogen-bond acceptors (Lipinski definition) is 4. The van der Waals surface area contributed by atoms with Crippen molar-refractivity contribution in [1.29, 1.82) is 0 Å². The van der Waals surface area contributed by atoms with E-state index in [4.69, 9.17) is 21.1 Å². The Balaban J connectivity index is 2.69. The van der Waals surface area contributed by atoms with Crippen LogP contribution in [-0.4, -0.2) is 38.3 Å². The fraction of sp³-hybridized carbons (Fsp3) is 0.462. The smallest absolute Gasteiger partial charge is 0.295 e. The summed E-state index contributed by atoms with van der Waals surface area (Å²) in [7, 11) is 0. The Bertz CT molecular complexity index is 334. The van der Waals surface area contributed by atoms with Gasteiger partial charge in [0.1, 0.15) is 0 Å². The summed E-state index contributed by atoms with van der Waals surface area (Å²) >= 11 is 5.79. The molecule has 0 saturated heterocycles. The molecule has 0 radical (unpaired) electrons. The first-order valence-electron chi connectivity index (χ1n) is 5.88. The molecule has 0 aliphatic heterocycles. The second kappa shape index (κ2) is 8.78. The normalized spacial score (nSPS) is 11.9. The molecule has 0 bridgehead atoms. The van der Waals surface area contributed by atoms with Crippen LogP contribution in [0.5, 0.6) is 0 Å². The number of para-hydroxylation sites is 1. The summed E-state index contributed by atoms with van der Waals surface area (Å²) in [5.74, 6) is 0.495. The topological polar surface area (TPSA) is 38.8 Å². The Kier molecular flexibility index (Phi) is 7.22. The van der Waals surface area contributed by atoms with Crippen LogP contribution < -0.4 is 4.90 Å². The molecule has 0 saturated carbocycles. The predicted octanol–water partition coefficient (Wildman–Crippen LogP) is 2.27. The van der Waals surface area contributed by atoms with Crippen molar-refractivity contribution in [3.05, 3.63) is 30.3 Å². The molecule has 1 rings (SSSR count). The van der Waals surface area contributed by atoms with Crippen LogP contribution >= 0.6 is 11.6 Å². The summed E-state index contributed by atoms with van der Waals surface area (Å²) in [6.45, 7) is 3.88. The van der Waals surface area contributed by atoms with Gasteiger partial charge in [-0.3, -0.25) is 4.79 Å². The van der Waals surface area contributed by atoms with E-state index in [9.17, 15) is 4.79 Å². The van der Waals surface area contributed by atoms with E-state index >= 15 is 0 Å². The first-order chi connectivity index (χ1) is 8.81. The third kappa shape index (κ3) is 4.94. The predicted molar refractivity (Wildman–Crippen MR) is 71.9 cm³/mol. The highest BCUT2D eigenvalue weighted by molar-refractivity contribution is 6.18. The molecule has 0 aliphatic carbocycles. The fourth-order valence-corrected chi connectivity index (χ4v) is 1.83. The van der Waals surface area contributed by atoms with Gasteiger partial charge < -0.3 is 14.4 Å². The largest absolute Gasteiger partial charge is 0.436 e. The molecule has 0 aliphatic rings. The second-order valence-corrected chi connectivity index (χ2v) is 3.97. The summed E-state index contributed by atoms with van der Waals surface area (Å²) in [6.07, 6.45) is -0.573. The molecule has 1 aromatic carbocycles. The van der Waals surface area contributed by atoms with E-state index in [0.29, 0.717) is 32.0 Å². The molecule has 1 aromatic rings. The molecule has 18 heavy (non-hydrogen) atoms. The molecule has 0 heterocycles. The maximum absolute atomic E-state index is 10.4. The average molecular weight is 272 g/mol. The van der Waals surface area contributed by atoms with Gasteiger partial charge >= 0.3 is 0 Å². The van der Waals surface area contributed by atoms with Crippen molar-refractivity contribution in [3.8, 4) is 0 Å². The van der Waals surface area contributed by atoms with Gasteiger partial charge in [-0.05, 0) is 19.1 Å². The fourth-order valence-electron chi connectivity index (χ4n) is 1.63. The van der Waals surface area contributed by atoms with Crippen LogP contribution in [0.3, 0.4) is 0 Å². The third-order valence-electron chi connectivity index (χ3n) is 2.41. The van der Waals surface area contributed by atoms with Crippen molar-refractivity contribution in [2.75, 3.05) is 30.5 Å². The summed E-state index contributed by atoms with van der Waals surface area (Å²) in [5, 5.41) is 0. The molecule has 0 N–H and O–H groups in total. The van der Waals surface area contributed by atoms with Crippen LogP contribution in [0.2, 0.25) is 0 Å². The second-order valence-electron chi connectivity index (χ2n) is 3.59. The van der Waals surface area contributed by atoms with E-state index in [1.807, 2.05) is 42.2 Å². The molecular formula is C13H18ClNO3. The molecule has 5 heteroatoms. The Morgan fingerprint density at radius 1 is 1.39 bits per heavy atom. The SMILES string of the molecule is CCOC(CN(CCCl)c1ccccc1)OC=O. The summed E-state index contributed by atoms with van der Waals surface area (Å²) in [6, 6.07) is 9.82. The van der Waals surface area contributed by atoms with Crippen LogP contribution in [0, 0.1) is 0 Å². The number of halogens is 1. The lowest BCUT2D eigenvalue weighted by Crippen LogP contribution is -2.36. The average Bonchev–Trinajstić information content (AvgIpc) is 2.40. The number of benzene rings is 1. The molecule has 0 aromatic heterocycles. The van der Waals surface area contributed by atoms with E-state index in [1.54, 1.807) is 0 Å². The van der Waals surface area contributed by atoms with Gasteiger partial charge in [-0.1, -0.05) is 18.2 Å². The van der Waals surface area contributed by atoms with Crippen molar-refractivity contribution in [3.63, 3.8) is 0 Å². The van der Waals surface area contributed by atoms with Gasteiger partial charge in [0.2, 0.25) is 6.29 Å². The summed E-state index contributed by atoms with van der Waals surface area (Å²) < 4.78 is 10.2. The lowest BCUT2D eigenvalue weighted by Gasteiger charge is -2.27. The lowest BCUT2D eigenvalue weighted by molar-refractivity contribution is -0.160. The molecule has 1 atom stereocenters. The van der Waals surface area contributed by atoms with Gasteiger partial charge in [-0.2, -0.15) is 0 Å². The van der Waals surface area contributed by atoms with Crippen molar-refractivity contribution < 1.29 is 14.3 Å². The maximum atomic E-state index is 10.4. The van der Waals surface area contributed by atoms with E-state index in [1.165, 1.54) is 0 Å². The molecule has 0 amide bonds. The van der Waals surface area contributed by atoms with E-state index in [-0.39, 0.29) is 0 Å². The third-order valence-corrected chi connectivity index (χ3v) is 2.57. The summed E-state index contributed by atoms with van der Waals surface area (Å²) in [4.78, 5) is 12.4. The number of carbonyl (C=O) groups excluding carboxylic acids is 1. The van der Waals surface area contributed by atoms with Crippen LogP contribution in [0.1, 0.15) is 6.92 Å². The first kappa shape index (κ1) is 14.8. The van der Waals surface area contributed by atoms with Crippen molar-refractivity contribution >= 4 is 23.8 Å². The Morgan fingerprint density at radius 3 is 2.67 bits per heavy atom. The molecule has 0 spiro atoms. The number of alkyl halides is 1. The standard InChI is InChI=1S/C13H18ClNO3/c1-2-17-13(18-11-16)10-15(9-8-14)12-6-4-3-5-7-12/h3-7,11,13H,2,8-10H2,1H3. The zero-order chi connectivity index (χ0) is 13.2. The van der Waals surface area contributed by atoms with Crippen LogP contribution in [0.4, 0.5) is 5.69 Å². The van der Waals surface area contributed by atoms with Crippen molar-refractivity contribution in [2.45, 2.75) is 13.2 Å². The van der Waals surface area contributed by atoms with E-state index in [0.717, 1.165) is 5.69 Å².